The van der Waals surface area contributed by atoms with Crippen molar-refractivity contribution in [1.82, 2.24) is 5.32 Å². The molecule has 2 aliphatic rings. The van der Waals surface area contributed by atoms with Gasteiger partial charge in [0.05, 0.1) is 12.1 Å². The molecule has 0 bridgehead atoms. The van der Waals surface area contributed by atoms with Gasteiger partial charge in [0.15, 0.2) is 0 Å². The fourth-order valence-electron chi connectivity index (χ4n) is 3.02. The summed E-state index contributed by atoms with van der Waals surface area (Å²) in [5, 5.41) is 12.9. The quantitative estimate of drug-likeness (QED) is 0.803. The van der Waals surface area contributed by atoms with E-state index >= 15 is 0 Å². The SMILES string of the molecule is CC(C(=O)NC1CCCCC1O)C1CCOCC1. The Morgan fingerprint density at radius 3 is 2.56 bits per heavy atom. The van der Waals surface area contributed by atoms with Crippen molar-refractivity contribution in [3.05, 3.63) is 0 Å². The van der Waals surface area contributed by atoms with Crippen molar-refractivity contribution in [3.63, 3.8) is 0 Å². The zero-order valence-corrected chi connectivity index (χ0v) is 11.2. The molecule has 0 aromatic heterocycles. The molecule has 104 valence electrons. The lowest BCUT2D eigenvalue weighted by molar-refractivity contribution is -0.129. The summed E-state index contributed by atoms with van der Waals surface area (Å²) in [6.07, 6.45) is 5.49. The zero-order valence-electron chi connectivity index (χ0n) is 11.2. The highest BCUT2D eigenvalue weighted by Crippen LogP contribution is 2.25. The maximum absolute atomic E-state index is 12.2. The van der Waals surface area contributed by atoms with Crippen LogP contribution in [0, 0.1) is 11.8 Å². The fraction of sp³-hybridized carbons (Fsp3) is 0.929. The molecule has 1 aliphatic heterocycles. The van der Waals surface area contributed by atoms with Crippen LogP contribution < -0.4 is 5.32 Å². The highest BCUT2D eigenvalue weighted by molar-refractivity contribution is 5.79. The number of rotatable bonds is 3. The first-order chi connectivity index (χ1) is 8.68. The Balaban J connectivity index is 1.82. The maximum Gasteiger partial charge on any atom is 0.223 e. The fourth-order valence-corrected chi connectivity index (χ4v) is 3.02. The number of carbonyl (C=O) groups is 1. The molecule has 4 heteroatoms. The van der Waals surface area contributed by atoms with Gasteiger partial charge in [-0.2, -0.15) is 0 Å². The Labute approximate surface area is 109 Å². The second-order valence-electron chi connectivity index (χ2n) is 5.71. The van der Waals surface area contributed by atoms with Crippen LogP contribution >= 0.6 is 0 Å². The van der Waals surface area contributed by atoms with Crippen molar-refractivity contribution in [2.75, 3.05) is 13.2 Å². The van der Waals surface area contributed by atoms with Gasteiger partial charge in [-0.25, -0.2) is 0 Å². The standard InChI is InChI=1S/C14H25NO3/c1-10(11-6-8-18-9-7-11)14(17)15-12-4-2-3-5-13(12)16/h10-13,16H,2-9H2,1H3,(H,15,17). The molecule has 18 heavy (non-hydrogen) atoms. The number of nitrogens with one attached hydrogen (secondary N) is 1. The van der Waals surface area contributed by atoms with Gasteiger partial charge in [-0.15, -0.1) is 0 Å². The molecule has 3 atom stereocenters. The van der Waals surface area contributed by atoms with E-state index < -0.39 is 0 Å². The third-order valence-corrected chi connectivity index (χ3v) is 4.44. The van der Waals surface area contributed by atoms with Crippen molar-refractivity contribution >= 4 is 5.91 Å². The molecule has 1 saturated carbocycles. The minimum atomic E-state index is -0.357. The van der Waals surface area contributed by atoms with Crippen LogP contribution in [0.4, 0.5) is 0 Å². The van der Waals surface area contributed by atoms with Crippen LogP contribution in [0.1, 0.15) is 45.4 Å². The van der Waals surface area contributed by atoms with Gasteiger partial charge in [-0.1, -0.05) is 19.8 Å². The summed E-state index contributed by atoms with van der Waals surface area (Å²) < 4.78 is 5.32. The largest absolute Gasteiger partial charge is 0.391 e. The summed E-state index contributed by atoms with van der Waals surface area (Å²) in [6.45, 7) is 3.54. The third-order valence-electron chi connectivity index (χ3n) is 4.44. The molecule has 2 N–H and O–H groups in total. The second kappa shape index (κ2) is 6.53. The van der Waals surface area contributed by atoms with E-state index in [1.165, 1.54) is 0 Å². The highest BCUT2D eigenvalue weighted by Gasteiger charge is 2.30. The maximum atomic E-state index is 12.2. The predicted molar refractivity (Wildman–Crippen MR) is 69.1 cm³/mol. The summed E-state index contributed by atoms with van der Waals surface area (Å²) in [7, 11) is 0. The first-order valence-corrected chi connectivity index (χ1v) is 7.24. The molecule has 1 heterocycles. The van der Waals surface area contributed by atoms with E-state index in [9.17, 15) is 9.90 Å². The van der Waals surface area contributed by atoms with Crippen molar-refractivity contribution in [2.45, 2.75) is 57.6 Å². The number of aliphatic hydroxyl groups is 1. The van der Waals surface area contributed by atoms with Crippen LogP contribution in [-0.2, 0) is 9.53 Å². The average molecular weight is 255 g/mol. The van der Waals surface area contributed by atoms with Crippen LogP contribution in [0.15, 0.2) is 0 Å². The van der Waals surface area contributed by atoms with E-state index in [1.807, 2.05) is 6.92 Å². The van der Waals surface area contributed by atoms with Crippen LogP contribution in [-0.4, -0.2) is 36.4 Å². The lowest BCUT2D eigenvalue weighted by Crippen LogP contribution is -2.48. The lowest BCUT2D eigenvalue weighted by Gasteiger charge is -2.32. The van der Waals surface area contributed by atoms with Crippen LogP contribution in [0.25, 0.3) is 0 Å². The van der Waals surface area contributed by atoms with Crippen LogP contribution in [0.2, 0.25) is 0 Å². The number of hydrogen-bond donors (Lipinski definition) is 2. The molecule has 4 nitrogen and oxygen atoms in total. The van der Waals surface area contributed by atoms with Gasteiger partial charge in [0.1, 0.15) is 0 Å². The van der Waals surface area contributed by atoms with E-state index in [0.717, 1.165) is 51.7 Å². The molecule has 0 aromatic carbocycles. The summed E-state index contributed by atoms with van der Waals surface area (Å²) in [5.41, 5.74) is 0. The molecule has 1 saturated heterocycles. The normalized spacial score (nSPS) is 31.9. The Bertz CT molecular complexity index is 276. The Kier molecular flexibility index (Phi) is 5.01. The van der Waals surface area contributed by atoms with Crippen LogP contribution in [0.5, 0.6) is 0 Å². The summed E-state index contributed by atoms with van der Waals surface area (Å²) >= 11 is 0. The topological polar surface area (TPSA) is 58.6 Å². The number of amides is 1. The average Bonchev–Trinajstić information content (AvgIpc) is 2.41. The first-order valence-electron chi connectivity index (χ1n) is 7.24. The van der Waals surface area contributed by atoms with E-state index in [4.69, 9.17) is 4.74 Å². The zero-order chi connectivity index (χ0) is 13.0. The molecular weight excluding hydrogens is 230 g/mol. The third kappa shape index (κ3) is 3.45. The molecule has 3 unspecified atom stereocenters. The van der Waals surface area contributed by atoms with E-state index in [2.05, 4.69) is 5.32 Å². The minimum Gasteiger partial charge on any atom is -0.391 e. The van der Waals surface area contributed by atoms with Gasteiger partial charge in [0, 0.05) is 19.1 Å². The molecule has 0 radical (unpaired) electrons. The highest BCUT2D eigenvalue weighted by atomic mass is 16.5. The molecule has 1 aliphatic carbocycles. The van der Waals surface area contributed by atoms with Crippen LogP contribution in [0.3, 0.4) is 0 Å². The molecule has 0 spiro atoms. The molecule has 2 rings (SSSR count). The molecule has 2 fully saturated rings. The molecule has 0 aromatic rings. The number of carbonyl (C=O) groups excluding carboxylic acids is 1. The van der Waals surface area contributed by atoms with Crippen molar-refractivity contribution in [2.24, 2.45) is 11.8 Å². The van der Waals surface area contributed by atoms with Gasteiger partial charge in [0.2, 0.25) is 5.91 Å². The summed E-state index contributed by atoms with van der Waals surface area (Å²) in [5.74, 6) is 0.565. The van der Waals surface area contributed by atoms with Gasteiger partial charge < -0.3 is 15.2 Å². The number of hydrogen-bond acceptors (Lipinski definition) is 3. The molecular formula is C14H25NO3. The minimum absolute atomic E-state index is 0.0306. The Morgan fingerprint density at radius 1 is 1.22 bits per heavy atom. The number of ether oxygens (including phenoxy) is 1. The predicted octanol–water partition coefficient (Wildman–Crippen LogP) is 1.47. The van der Waals surface area contributed by atoms with Gasteiger partial charge in [0.25, 0.3) is 0 Å². The van der Waals surface area contributed by atoms with Gasteiger partial charge in [-0.05, 0) is 31.6 Å². The van der Waals surface area contributed by atoms with Gasteiger partial charge in [-0.3, -0.25) is 4.79 Å². The van der Waals surface area contributed by atoms with Crippen molar-refractivity contribution < 1.29 is 14.6 Å². The van der Waals surface area contributed by atoms with Crippen molar-refractivity contribution in [3.8, 4) is 0 Å². The smallest absolute Gasteiger partial charge is 0.223 e. The van der Waals surface area contributed by atoms with Crippen molar-refractivity contribution in [1.29, 1.82) is 0 Å². The Hall–Kier alpha value is -0.610. The summed E-state index contributed by atoms with van der Waals surface area (Å²) in [6, 6.07) is -0.0338. The van der Waals surface area contributed by atoms with E-state index in [1.54, 1.807) is 0 Å². The summed E-state index contributed by atoms with van der Waals surface area (Å²) in [4.78, 5) is 12.2. The van der Waals surface area contributed by atoms with Gasteiger partial charge >= 0.3 is 0 Å². The molecule has 1 amide bonds. The number of aliphatic hydroxyl groups excluding tert-OH is 1. The second-order valence-corrected chi connectivity index (χ2v) is 5.71. The first kappa shape index (κ1) is 13.8. The monoisotopic (exact) mass is 255 g/mol. The Morgan fingerprint density at radius 2 is 1.89 bits per heavy atom. The van der Waals surface area contributed by atoms with E-state index in [-0.39, 0.29) is 24.0 Å². The van der Waals surface area contributed by atoms with E-state index in [0.29, 0.717) is 5.92 Å². The lowest BCUT2D eigenvalue weighted by atomic mass is 9.85.